The van der Waals surface area contributed by atoms with Gasteiger partial charge in [-0.15, -0.1) is 0 Å². The summed E-state index contributed by atoms with van der Waals surface area (Å²) in [6.07, 6.45) is 8.61. The van der Waals surface area contributed by atoms with E-state index < -0.39 is 5.97 Å². The van der Waals surface area contributed by atoms with E-state index in [4.69, 9.17) is 4.42 Å². The van der Waals surface area contributed by atoms with Gasteiger partial charge in [0.2, 0.25) is 0 Å². The average Bonchev–Trinajstić information content (AvgIpc) is 3.17. The highest BCUT2D eigenvalue weighted by atomic mass is 16.5. The Morgan fingerprint density at radius 2 is 1.89 bits per heavy atom. The van der Waals surface area contributed by atoms with Crippen molar-refractivity contribution < 1.29 is 18.7 Å². The topological polar surface area (TPSA) is 68.5 Å². The molecule has 1 fully saturated rings. The minimum atomic E-state index is -0.430. The highest BCUT2D eigenvalue weighted by Gasteiger charge is 2.24. The van der Waals surface area contributed by atoms with E-state index in [9.17, 15) is 9.59 Å². The van der Waals surface area contributed by atoms with E-state index >= 15 is 0 Å². The molecule has 1 aliphatic rings. The molecule has 144 valence electrons. The third-order valence-electron chi connectivity index (χ3n) is 5.32. The molecule has 1 aromatic carbocycles. The molecule has 0 saturated heterocycles. The summed E-state index contributed by atoms with van der Waals surface area (Å²) in [6.45, 7) is 0. The Balaban J connectivity index is 1.74. The third kappa shape index (κ3) is 5.22. The van der Waals surface area contributed by atoms with Gasteiger partial charge in [0, 0.05) is 0 Å². The van der Waals surface area contributed by atoms with E-state index in [-0.39, 0.29) is 18.4 Å². The summed E-state index contributed by atoms with van der Waals surface area (Å²) in [5.41, 5.74) is 1.50. The summed E-state index contributed by atoms with van der Waals surface area (Å²) in [7, 11) is 1.32. The minimum Gasteiger partial charge on any atom is -0.469 e. The van der Waals surface area contributed by atoms with Gasteiger partial charge in [-0.2, -0.15) is 0 Å². The molecular weight excluding hydrogens is 342 g/mol. The molecule has 1 amide bonds. The lowest BCUT2D eigenvalue weighted by atomic mass is 9.83. The first kappa shape index (κ1) is 19.2. The second-order valence-electron chi connectivity index (χ2n) is 7.19. The van der Waals surface area contributed by atoms with E-state index in [0.717, 1.165) is 12.0 Å². The number of carbonyl (C=O) groups excluding carboxylic acids is 2. The van der Waals surface area contributed by atoms with Gasteiger partial charge < -0.3 is 14.5 Å². The van der Waals surface area contributed by atoms with Crippen LogP contribution in [0.15, 0.2) is 47.1 Å². The van der Waals surface area contributed by atoms with Crippen LogP contribution in [0.25, 0.3) is 0 Å². The molecule has 0 aliphatic heterocycles. The lowest BCUT2D eigenvalue weighted by molar-refractivity contribution is -0.140. The molecular formula is C22H27NO4. The number of furan rings is 1. The van der Waals surface area contributed by atoms with Crippen LogP contribution in [-0.4, -0.2) is 19.0 Å². The van der Waals surface area contributed by atoms with Crippen LogP contribution < -0.4 is 5.32 Å². The molecule has 5 nitrogen and oxygen atoms in total. The van der Waals surface area contributed by atoms with Crippen LogP contribution in [0.3, 0.4) is 0 Å². The maximum absolute atomic E-state index is 12.9. The summed E-state index contributed by atoms with van der Waals surface area (Å²) < 4.78 is 10.0. The fraction of sp³-hybridized carbons (Fsp3) is 0.455. The van der Waals surface area contributed by atoms with Crippen molar-refractivity contribution in [1.29, 1.82) is 0 Å². The van der Waals surface area contributed by atoms with E-state index in [2.05, 4.69) is 22.2 Å². The molecule has 1 saturated carbocycles. The van der Waals surface area contributed by atoms with Gasteiger partial charge in [0.1, 0.15) is 12.2 Å². The summed E-state index contributed by atoms with van der Waals surface area (Å²) in [5, 5.41) is 3.16. The Hall–Kier alpha value is -2.56. The molecule has 1 aliphatic carbocycles. The molecule has 0 bridgehead atoms. The summed E-state index contributed by atoms with van der Waals surface area (Å²) in [5.74, 6) is 0.320. The predicted octanol–water partition coefficient (Wildman–Crippen LogP) is 4.44. The Morgan fingerprint density at radius 1 is 1.15 bits per heavy atom. The fourth-order valence-electron chi connectivity index (χ4n) is 3.84. The van der Waals surface area contributed by atoms with Crippen LogP contribution >= 0.6 is 0 Å². The molecule has 27 heavy (non-hydrogen) atoms. The summed E-state index contributed by atoms with van der Waals surface area (Å²) in [4.78, 5) is 24.4. The second-order valence-corrected chi connectivity index (χ2v) is 7.19. The van der Waals surface area contributed by atoms with Crippen molar-refractivity contribution in [2.75, 3.05) is 7.11 Å². The van der Waals surface area contributed by atoms with Gasteiger partial charge in [0.25, 0.3) is 5.91 Å². The zero-order valence-corrected chi connectivity index (χ0v) is 15.8. The number of carbonyl (C=O) groups is 2. The molecule has 0 radical (unpaired) electrons. The van der Waals surface area contributed by atoms with Gasteiger partial charge in [0.05, 0.1) is 25.0 Å². The van der Waals surface area contributed by atoms with E-state index in [1.807, 2.05) is 18.2 Å². The third-order valence-corrected chi connectivity index (χ3v) is 5.32. The lowest BCUT2D eigenvalue weighted by Crippen LogP contribution is -2.31. The van der Waals surface area contributed by atoms with Crippen molar-refractivity contribution in [1.82, 2.24) is 5.32 Å². The molecule has 1 aromatic heterocycles. The molecule has 2 aromatic rings. The van der Waals surface area contributed by atoms with Crippen molar-refractivity contribution in [3.63, 3.8) is 0 Å². The van der Waals surface area contributed by atoms with Crippen molar-refractivity contribution in [2.45, 2.75) is 51.0 Å². The Bertz CT molecular complexity index is 747. The van der Waals surface area contributed by atoms with Crippen LogP contribution in [0.1, 0.15) is 66.2 Å². The minimum absolute atomic E-state index is 0.0507. The van der Waals surface area contributed by atoms with Crippen molar-refractivity contribution in [2.24, 2.45) is 5.92 Å². The van der Waals surface area contributed by atoms with E-state index in [1.165, 1.54) is 45.5 Å². The highest BCUT2D eigenvalue weighted by molar-refractivity contribution is 5.96. The van der Waals surface area contributed by atoms with Crippen molar-refractivity contribution >= 4 is 11.9 Å². The maximum atomic E-state index is 12.9. The lowest BCUT2D eigenvalue weighted by Gasteiger charge is -2.27. The standard InChI is InChI=1S/C22H27NO4/c1-26-21(24)15-20-18(12-13-27-20)22(25)23-19(17-10-6-3-7-11-17)14-16-8-4-2-5-9-16/h3,6-7,10-13,16,19H,2,4-5,8-9,14-15H2,1H3,(H,23,25)/t19-/m1/s1. The zero-order valence-electron chi connectivity index (χ0n) is 15.8. The predicted molar refractivity (Wildman–Crippen MR) is 102 cm³/mol. The normalized spacial score (nSPS) is 15.9. The van der Waals surface area contributed by atoms with Crippen molar-refractivity contribution in [3.05, 3.63) is 59.5 Å². The smallest absolute Gasteiger partial charge is 0.313 e. The maximum Gasteiger partial charge on any atom is 0.313 e. The number of amides is 1. The van der Waals surface area contributed by atoms with Gasteiger partial charge >= 0.3 is 5.97 Å². The van der Waals surface area contributed by atoms with Crippen LogP contribution in [0.4, 0.5) is 0 Å². The molecule has 0 spiro atoms. The average molecular weight is 369 g/mol. The monoisotopic (exact) mass is 369 g/mol. The molecule has 1 heterocycles. The van der Waals surface area contributed by atoms with E-state index in [1.54, 1.807) is 6.07 Å². The number of hydrogen-bond donors (Lipinski definition) is 1. The summed E-state index contributed by atoms with van der Waals surface area (Å²) in [6, 6.07) is 11.6. The van der Waals surface area contributed by atoms with Gasteiger partial charge in [-0.3, -0.25) is 9.59 Å². The molecule has 1 atom stereocenters. The van der Waals surface area contributed by atoms with E-state index in [0.29, 0.717) is 17.2 Å². The SMILES string of the molecule is COC(=O)Cc1occc1C(=O)N[C@H](CC1CCCCC1)c1ccccc1. The quantitative estimate of drug-likeness (QED) is 0.733. The number of esters is 1. The highest BCUT2D eigenvalue weighted by Crippen LogP contribution is 2.32. The Kier molecular flexibility index (Phi) is 6.69. The Labute approximate surface area is 160 Å². The van der Waals surface area contributed by atoms with Gasteiger partial charge in [-0.1, -0.05) is 62.4 Å². The number of methoxy groups -OCH3 is 1. The summed E-state index contributed by atoms with van der Waals surface area (Å²) >= 11 is 0. The molecule has 1 N–H and O–H groups in total. The number of ether oxygens (including phenoxy) is 1. The van der Waals surface area contributed by atoms with Crippen molar-refractivity contribution in [3.8, 4) is 0 Å². The first-order chi connectivity index (χ1) is 13.2. The largest absolute Gasteiger partial charge is 0.469 e. The fourth-order valence-corrected chi connectivity index (χ4v) is 3.84. The number of nitrogens with one attached hydrogen (secondary N) is 1. The van der Waals surface area contributed by atoms with Crippen LogP contribution in [0.5, 0.6) is 0 Å². The van der Waals surface area contributed by atoms with Crippen LogP contribution in [-0.2, 0) is 16.0 Å². The van der Waals surface area contributed by atoms with Gasteiger partial charge in [-0.05, 0) is 24.0 Å². The molecule has 5 heteroatoms. The number of rotatable bonds is 7. The van der Waals surface area contributed by atoms with Gasteiger partial charge in [0.15, 0.2) is 0 Å². The first-order valence-corrected chi connectivity index (χ1v) is 9.66. The van der Waals surface area contributed by atoms with Gasteiger partial charge in [-0.25, -0.2) is 0 Å². The van der Waals surface area contributed by atoms with Crippen LogP contribution in [0.2, 0.25) is 0 Å². The molecule has 3 rings (SSSR count). The number of benzene rings is 1. The second kappa shape index (κ2) is 9.40. The number of hydrogen-bond acceptors (Lipinski definition) is 4. The van der Waals surface area contributed by atoms with Crippen LogP contribution in [0, 0.1) is 5.92 Å². The zero-order chi connectivity index (χ0) is 19.1. The molecule has 0 unspecified atom stereocenters. The Morgan fingerprint density at radius 3 is 2.59 bits per heavy atom. The first-order valence-electron chi connectivity index (χ1n) is 9.66.